The Labute approximate surface area is 154 Å². The molecule has 2 aromatic carbocycles. The first-order valence-electron chi connectivity index (χ1n) is 8.39. The Balaban J connectivity index is 1.91. The number of nitrogens with one attached hydrogen (secondary N) is 2. The molecule has 0 bridgehead atoms. The van der Waals surface area contributed by atoms with E-state index < -0.39 is 17.7 Å². The van der Waals surface area contributed by atoms with Crippen LogP contribution < -0.4 is 15.6 Å². The molecule has 2 heterocycles. The van der Waals surface area contributed by atoms with Gasteiger partial charge in [-0.25, -0.2) is 4.68 Å². The fourth-order valence-corrected chi connectivity index (χ4v) is 3.42. The number of para-hydroxylation sites is 1. The summed E-state index contributed by atoms with van der Waals surface area (Å²) in [5.74, 6) is -1.13. The van der Waals surface area contributed by atoms with E-state index in [9.17, 15) is 14.9 Å². The molecule has 0 saturated carbocycles. The Morgan fingerprint density at radius 1 is 1.07 bits per heavy atom. The summed E-state index contributed by atoms with van der Waals surface area (Å²) in [6.45, 7) is 0. The van der Waals surface area contributed by atoms with Crippen LogP contribution >= 0.6 is 0 Å². The lowest BCUT2D eigenvalue weighted by atomic mass is 9.79. The summed E-state index contributed by atoms with van der Waals surface area (Å²) >= 11 is 0. The smallest absolute Gasteiger partial charge is 0.277 e. The first-order valence-corrected chi connectivity index (χ1v) is 8.39. The number of aromatic amines is 1. The van der Waals surface area contributed by atoms with Gasteiger partial charge in [0, 0.05) is 5.92 Å². The van der Waals surface area contributed by atoms with Crippen molar-refractivity contribution in [2.75, 3.05) is 12.4 Å². The van der Waals surface area contributed by atoms with Crippen molar-refractivity contribution in [1.29, 1.82) is 5.26 Å². The largest absolute Gasteiger partial charge is 0.497 e. The number of fused-ring (bicyclic) bond motifs is 1. The van der Waals surface area contributed by atoms with E-state index in [1.165, 1.54) is 4.68 Å². The summed E-state index contributed by atoms with van der Waals surface area (Å²) in [5, 5.41) is 15.2. The fraction of sp³-hybridized carbons (Fsp3) is 0.150. The first-order chi connectivity index (χ1) is 13.1. The number of hydrogen-bond acceptors (Lipinski definition) is 4. The van der Waals surface area contributed by atoms with E-state index in [4.69, 9.17) is 4.74 Å². The van der Waals surface area contributed by atoms with Gasteiger partial charge in [0.2, 0.25) is 5.91 Å². The number of anilines is 1. The number of nitrogens with zero attached hydrogens (tertiary/aromatic N) is 2. The molecule has 1 amide bonds. The molecule has 7 heteroatoms. The topological polar surface area (TPSA) is 99.9 Å². The third kappa shape index (κ3) is 2.68. The lowest BCUT2D eigenvalue weighted by Gasteiger charge is -2.26. The highest BCUT2D eigenvalue weighted by Crippen LogP contribution is 2.38. The van der Waals surface area contributed by atoms with Crippen LogP contribution in [0, 0.1) is 17.2 Å². The molecule has 0 radical (unpaired) electrons. The average Bonchev–Trinajstić information content (AvgIpc) is 3.03. The number of H-pyrrole nitrogens is 1. The molecule has 1 aliphatic heterocycles. The van der Waals surface area contributed by atoms with E-state index in [2.05, 4.69) is 10.4 Å². The van der Waals surface area contributed by atoms with E-state index in [1.807, 2.05) is 24.3 Å². The van der Waals surface area contributed by atoms with E-state index in [0.717, 1.165) is 0 Å². The SMILES string of the molecule is COc1ccc([C@H]2c3c([nH]n(-c4ccccc4)c3=O)NC(=O)[C@@H]2C#N)cc1. The molecule has 27 heavy (non-hydrogen) atoms. The van der Waals surface area contributed by atoms with Gasteiger partial charge in [0.1, 0.15) is 17.5 Å². The van der Waals surface area contributed by atoms with Crippen LogP contribution in [0.3, 0.4) is 0 Å². The van der Waals surface area contributed by atoms with Gasteiger partial charge in [-0.15, -0.1) is 0 Å². The van der Waals surface area contributed by atoms with Crippen LogP contribution in [0.2, 0.25) is 0 Å². The Hall–Kier alpha value is -3.79. The minimum Gasteiger partial charge on any atom is -0.497 e. The number of benzene rings is 2. The Morgan fingerprint density at radius 3 is 2.41 bits per heavy atom. The number of aromatic nitrogens is 2. The van der Waals surface area contributed by atoms with Gasteiger partial charge in [-0.05, 0) is 29.8 Å². The standard InChI is InChI=1S/C20H16N4O3/c1-27-14-9-7-12(8-10-14)16-15(11-21)19(25)22-18-17(16)20(26)24(23-18)13-5-3-2-4-6-13/h2-10,15-16,23H,1H3,(H,22,25)/t15-,16-/m1/s1. The fourth-order valence-electron chi connectivity index (χ4n) is 3.42. The van der Waals surface area contributed by atoms with Gasteiger partial charge in [-0.2, -0.15) is 5.26 Å². The molecule has 1 aromatic heterocycles. The molecule has 0 spiro atoms. The van der Waals surface area contributed by atoms with Crippen molar-refractivity contribution in [1.82, 2.24) is 9.78 Å². The number of rotatable bonds is 3. The maximum atomic E-state index is 13.1. The second-order valence-corrected chi connectivity index (χ2v) is 6.22. The molecule has 134 valence electrons. The number of carbonyl (C=O) groups excluding carboxylic acids is 1. The second-order valence-electron chi connectivity index (χ2n) is 6.22. The second kappa shape index (κ2) is 6.50. The van der Waals surface area contributed by atoms with Crippen LogP contribution in [0.4, 0.5) is 5.82 Å². The van der Waals surface area contributed by atoms with Gasteiger partial charge < -0.3 is 10.1 Å². The van der Waals surface area contributed by atoms with E-state index >= 15 is 0 Å². The summed E-state index contributed by atoms with van der Waals surface area (Å²) in [7, 11) is 1.56. The zero-order valence-electron chi connectivity index (χ0n) is 14.5. The highest BCUT2D eigenvalue weighted by Gasteiger charge is 2.41. The Morgan fingerprint density at radius 2 is 1.78 bits per heavy atom. The van der Waals surface area contributed by atoms with Crippen molar-refractivity contribution in [3.05, 3.63) is 76.1 Å². The molecule has 1 aliphatic rings. The minimum atomic E-state index is -1.00. The maximum absolute atomic E-state index is 13.1. The number of hydrogen-bond donors (Lipinski definition) is 2. The highest BCUT2D eigenvalue weighted by atomic mass is 16.5. The first kappa shape index (κ1) is 16.7. The quantitative estimate of drug-likeness (QED) is 0.749. The molecular weight excluding hydrogens is 344 g/mol. The molecule has 0 aliphatic carbocycles. The highest BCUT2D eigenvalue weighted by molar-refractivity contribution is 5.97. The third-order valence-corrected chi connectivity index (χ3v) is 4.73. The van der Waals surface area contributed by atoms with E-state index in [-0.39, 0.29) is 5.56 Å². The van der Waals surface area contributed by atoms with Crippen molar-refractivity contribution in [2.45, 2.75) is 5.92 Å². The molecule has 4 rings (SSSR count). The van der Waals surface area contributed by atoms with Crippen LogP contribution in [-0.2, 0) is 4.79 Å². The van der Waals surface area contributed by atoms with Gasteiger partial charge in [-0.3, -0.25) is 14.7 Å². The number of methoxy groups -OCH3 is 1. The van der Waals surface area contributed by atoms with Crippen molar-refractivity contribution in [3.8, 4) is 17.5 Å². The summed E-state index contributed by atoms with van der Waals surface area (Å²) in [6.07, 6.45) is 0. The monoisotopic (exact) mass is 360 g/mol. The molecule has 0 saturated heterocycles. The zero-order valence-corrected chi connectivity index (χ0v) is 14.5. The molecule has 0 unspecified atom stereocenters. The minimum absolute atomic E-state index is 0.294. The molecule has 7 nitrogen and oxygen atoms in total. The van der Waals surface area contributed by atoms with Crippen molar-refractivity contribution >= 4 is 11.7 Å². The number of amides is 1. The van der Waals surface area contributed by atoms with Gasteiger partial charge >= 0.3 is 0 Å². The molecular formula is C20H16N4O3. The molecule has 2 atom stereocenters. The molecule has 2 N–H and O–H groups in total. The van der Waals surface area contributed by atoms with Crippen LogP contribution in [0.1, 0.15) is 17.0 Å². The van der Waals surface area contributed by atoms with Gasteiger partial charge in [-0.1, -0.05) is 30.3 Å². The van der Waals surface area contributed by atoms with E-state index in [0.29, 0.717) is 28.4 Å². The number of carbonyl (C=O) groups is 1. The Kier molecular flexibility index (Phi) is 4.01. The zero-order chi connectivity index (χ0) is 19.0. The number of nitriles is 1. The lowest BCUT2D eigenvalue weighted by Crippen LogP contribution is -2.35. The van der Waals surface area contributed by atoms with Gasteiger partial charge in [0.25, 0.3) is 5.56 Å². The van der Waals surface area contributed by atoms with Crippen LogP contribution in [0.5, 0.6) is 5.75 Å². The van der Waals surface area contributed by atoms with Crippen molar-refractivity contribution in [2.24, 2.45) is 5.92 Å². The van der Waals surface area contributed by atoms with Gasteiger partial charge in [0.15, 0.2) is 0 Å². The van der Waals surface area contributed by atoms with Crippen LogP contribution in [0.15, 0.2) is 59.4 Å². The lowest BCUT2D eigenvalue weighted by molar-refractivity contribution is -0.119. The maximum Gasteiger partial charge on any atom is 0.277 e. The normalized spacial score (nSPS) is 18.3. The Bertz CT molecular complexity index is 1090. The van der Waals surface area contributed by atoms with Crippen molar-refractivity contribution < 1.29 is 9.53 Å². The summed E-state index contributed by atoms with van der Waals surface area (Å²) < 4.78 is 6.55. The van der Waals surface area contributed by atoms with Crippen LogP contribution in [0.25, 0.3) is 5.69 Å². The predicted octanol–water partition coefficient (Wildman–Crippen LogP) is 2.40. The molecule has 3 aromatic rings. The average molecular weight is 360 g/mol. The summed E-state index contributed by atoms with van der Waals surface area (Å²) in [4.78, 5) is 25.6. The summed E-state index contributed by atoms with van der Waals surface area (Å²) in [6, 6.07) is 18.1. The predicted molar refractivity (Wildman–Crippen MR) is 99.0 cm³/mol. The van der Waals surface area contributed by atoms with Crippen LogP contribution in [-0.4, -0.2) is 22.8 Å². The van der Waals surface area contributed by atoms with Gasteiger partial charge in [0.05, 0.1) is 24.4 Å². The van der Waals surface area contributed by atoms with Crippen molar-refractivity contribution in [3.63, 3.8) is 0 Å². The summed E-state index contributed by atoms with van der Waals surface area (Å²) in [5.41, 5.74) is 1.43. The van der Waals surface area contributed by atoms with E-state index in [1.54, 1.807) is 43.5 Å². The third-order valence-electron chi connectivity index (χ3n) is 4.73. The molecule has 0 fully saturated rings. The number of ether oxygens (including phenoxy) is 1.